The third kappa shape index (κ3) is 2.39. The zero-order valence-electron chi connectivity index (χ0n) is 14.8. The van der Waals surface area contributed by atoms with Crippen molar-refractivity contribution in [3.63, 3.8) is 0 Å². The molecule has 0 amide bonds. The molecule has 120 valence electrons. The second-order valence-corrected chi connectivity index (χ2v) is 7.48. The van der Waals surface area contributed by atoms with Crippen LogP contribution in [-0.2, 0) is 6.42 Å². The van der Waals surface area contributed by atoms with Crippen LogP contribution in [0.3, 0.4) is 0 Å². The van der Waals surface area contributed by atoms with Gasteiger partial charge in [0.1, 0.15) is 0 Å². The molecular formula is C21H31N. The van der Waals surface area contributed by atoms with E-state index >= 15 is 0 Å². The number of hydrogen-bond donors (Lipinski definition) is 0. The molecular weight excluding hydrogens is 266 g/mol. The Labute approximate surface area is 135 Å². The van der Waals surface area contributed by atoms with Crippen molar-refractivity contribution in [2.24, 2.45) is 23.7 Å². The average molecular weight is 297 g/mol. The fraction of sp³-hybridized carbons (Fsp3) is 0.619. The van der Waals surface area contributed by atoms with Gasteiger partial charge in [0.15, 0.2) is 0 Å². The van der Waals surface area contributed by atoms with Crippen molar-refractivity contribution >= 4 is 10.9 Å². The molecule has 0 bridgehead atoms. The van der Waals surface area contributed by atoms with Gasteiger partial charge in [-0.25, -0.2) is 0 Å². The maximum Gasteiger partial charge on any atom is 0.0485 e. The van der Waals surface area contributed by atoms with Crippen LogP contribution in [-0.4, -0.2) is 4.57 Å². The highest BCUT2D eigenvalue weighted by molar-refractivity contribution is 5.84. The van der Waals surface area contributed by atoms with Crippen molar-refractivity contribution < 1.29 is 0 Å². The van der Waals surface area contributed by atoms with Gasteiger partial charge in [-0.3, -0.25) is 0 Å². The molecule has 0 saturated heterocycles. The van der Waals surface area contributed by atoms with Gasteiger partial charge < -0.3 is 4.57 Å². The maximum atomic E-state index is 2.61. The molecule has 5 atom stereocenters. The number of aryl methyl sites for hydroxylation is 1. The first-order chi connectivity index (χ1) is 10.6. The number of benzene rings is 1. The SMILES string of the molecule is CCc1cn([C@@H]2C[C@H](CC)C(C)[C@H](C)[C@H]2C)c2ccccc12. The minimum atomic E-state index is 0.654. The lowest BCUT2D eigenvalue weighted by Crippen LogP contribution is -2.37. The van der Waals surface area contributed by atoms with E-state index in [4.69, 9.17) is 0 Å². The minimum Gasteiger partial charge on any atom is -0.344 e. The summed E-state index contributed by atoms with van der Waals surface area (Å²) in [4.78, 5) is 0. The highest BCUT2D eigenvalue weighted by atomic mass is 15.0. The largest absolute Gasteiger partial charge is 0.344 e. The third-order valence-corrected chi connectivity index (χ3v) is 6.64. The van der Waals surface area contributed by atoms with Gasteiger partial charge in [-0.15, -0.1) is 0 Å². The van der Waals surface area contributed by atoms with E-state index in [0.717, 1.165) is 30.1 Å². The predicted molar refractivity (Wildman–Crippen MR) is 96.2 cm³/mol. The first-order valence-corrected chi connectivity index (χ1v) is 9.16. The smallest absolute Gasteiger partial charge is 0.0485 e. The summed E-state index contributed by atoms with van der Waals surface area (Å²) in [6, 6.07) is 9.62. The Kier molecular flexibility index (Phi) is 4.34. The molecule has 1 heteroatoms. The molecule has 1 aromatic heterocycles. The molecule has 3 rings (SSSR count). The van der Waals surface area contributed by atoms with Gasteiger partial charge in [0, 0.05) is 23.1 Å². The maximum absolute atomic E-state index is 2.61. The van der Waals surface area contributed by atoms with Crippen LogP contribution < -0.4 is 0 Å². The second kappa shape index (κ2) is 6.10. The highest BCUT2D eigenvalue weighted by Crippen LogP contribution is 2.46. The van der Waals surface area contributed by atoms with E-state index in [1.165, 1.54) is 29.3 Å². The molecule has 1 aliphatic rings. The Balaban J connectivity index is 2.06. The van der Waals surface area contributed by atoms with Gasteiger partial charge >= 0.3 is 0 Å². The molecule has 1 saturated carbocycles. The van der Waals surface area contributed by atoms with Gasteiger partial charge in [-0.1, -0.05) is 59.2 Å². The quantitative estimate of drug-likeness (QED) is 0.646. The lowest BCUT2D eigenvalue weighted by atomic mass is 9.65. The normalized spacial score (nSPS) is 32.5. The zero-order chi connectivity index (χ0) is 15.9. The molecule has 2 aromatic rings. The molecule has 1 aliphatic carbocycles. The molecule has 0 aliphatic heterocycles. The second-order valence-electron chi connectivity index (χ2n) is 7.48. The van der Waals surface area contributed by atoms with Crippen molar-refractivity contribution in [2.75, 3.05) is 0 Å². The van der Waals surface area contributed by atoms with Crippen LogP contribution in [0.5, 0.6) is 0 Å². The fourth-order valence-corrected chi connectivity index (χ4v) is 4.74. The summed E-state index contributed by atoms with van der Waals surface area (Å²) < 4.78 is 2.61. The van der Waals surface area contributed by atoms with E-state index in [-0.39, 0.29) is 0 Å². The van der Waals surface area contributed by atoms with Crippen LogP contribution in [0.15, 0.2) is 30.5 Å². The summed E-state index contributed by atoms with van der Waals surface area (Å²) in [7, 11) is 0. The van der Waals surface area contributed by atoms with Crippen LogP contribution in [0.4, 0.5) is 0 Å². The number of fused-ring (bicyclic) bond motifs is 1. The molecule has 22 heavy (non-hydrogen) atoms. The summed E-state index contributed by atoms with van der Waals surface area (Å²) in [6.07, 6.45) is 6.22. The first kappa shape index (κ1) is 15.6. The van der Waals surface area contributed by atoms with E-state index in [1.54, 1.807) is 0 Å². The van der Waals surface area contributed by atoms with E-state index in [2.05, 4.69) is 69.6 Å². The third-order valence-electron chi connectivity index (χ3n) is 6.64. The number of nitrogens with zero attached hydrogens (tertiary/aromatic N) is 1. The van der Waals surface area contributed by atoms with Crippen molar-refractivity contribution in [3.05, 3.63) is 36.0 Å². The Morgan fingerprint density at radius 1 is 1.00 bits per heavy atom. The van der Waals surface area contributed by atoms with E-state index in [0.29, 0.717) is 6.04 Å². The summed E-state index contributed by atoms with van der Waals surface area (Å²) in [6.45, 7) is 12.0. The molecule has 1 fully saturated rings. The van der Waals surface area contributed by atoms with Crippen molar-refractivity contribution in [1.29, 1.82) is 0 Å². The van der Waals surface area contributed by atoms with Crippen LogP contribution in [0.2, 0.25) is 0 Å². The highest BCUT2D eigenvalue weighted by Gasteiger charge is 2.38. The molecule has 0 radical (unpaired) electrons. The van der Waals surface area contributed by atoms with E-state index in [9.17, 15) is 0 Å². The topological polar surface area (TPSA) is 4.93 Å². The molecule has 0 spiro atoms. The van der Waals surface area contributed by atoms with Crippen LogP contribution in [0.1, 0.15) is 59.1 Å². The number of aromatic nitrogens is 1. The van der Waals surface area contributed by atoms with Gasteiger partial charge in [-0.05, 0) is 48.1 Å². The van der Waals surface area contributed by atoms with E-state index in [1.807, 2.05) is 0 Å². The van der Waals surface area contributed by atoms with Crippen LogP contribution in [0.25, 0.3) is 10.9 Å². The lowest BCUT2D eigenvalue weighted by molar-refractivity contribution is 0.0721. The molecule has 1 unspecified atom stereocenters. The number of hydrogen-bond acceptors (Lipinski definition) is 0. The van der Waals surface area contributed by atoms with E-state index < -0.39 is 0 Å². The van der Waals surface area contributed by atoms with Gasteiger partial charge in [-0.2, -0.15) is 0 Å². The molecule has 0 N–H and O–H groups in total. The Hall–Kier alpha value is -1.24. The molecule has 1 heterocycles. The fourth-order valence-electron chi connectivity index (χ4n) is 4.74. The van der Waals surface area contributed by atoms with Crippen molar-refractivity contribution in [3.8, 4) is 0 Å². The average Bonchev–Trinajstić information content (AvgIpc) is 2.92. The van der Waals surface area contributed by atoms with Crippen molar-refractivity contribution in [1.82, 2.24) is 4.57 Å². The van der Waals surface area contributed by atoms with Gasteiger partial charge in [0.2, 0.25) is 0 Å². The Morgan fingerprint density at radius 2 is 1.73 bits per heavy atom. The van der Waals surface area contributed by atoms with Crippen LogP contribution >= 0.6 is 0 Å². The lowest BCUT2D eigenvalue weighted by Gasteiger charge is -2.44. The number of para-hydroxylation sites is 1. The summed E-state index contributed by atoms with van der Waals surface area (Å²) in [5, 5.41) is 1.46. The standard InChI is InChI=1S/C21H31N/c1-6-17-12-21(16(5)14(3)15(17)4)22-13-18(7-2)19-10-8-9-11-20(19)22/h8-11,13-17,21H,6-7,12H2,1-5H3/t14-,15?,16+,17-,21+/m0/s1. The molecule has 1 nitrogen and oxygen atoms in total. The summed E-state index contributed by atoms with van der Waals surface area (Å²) >= 11 is 0. The van der Waals surface area contributed by atoms with Gasteiger partial charge in [0.25, 0.3) is 0 Å². The molecule has 1 aromatic carbocycles. The van der Waals surface area contributed by atoms with Gasteiger partial charge in [0.05, 0.1) is 0 Å². The first-order valence-electron chi connectivity index (χ1n) is 9.16. The Bertz CT molecular complexity index is 636. The summed E-state index contributed by atoms with van der Waals surface area (Å²) in [5.41, 5.74) is 2.94. The Morgan fingerprint density at radius 3 is 2.41 bits per heavy atom. The predicted octanol–water partition coefficient (Wildman–Crippen LogP) is 6.08. The monoisotopic (exact) mass is 297 g/mol. The van der Waals surface area contributed by atoms with Crippen molar-refractivity contribution in [2.45, 2.75) is 59.9 Å². The van der Waals surface area contributed by atoms with Crippen LogP contribution in [0, 0.1) is 23.7 Å². The minimum absolute atomic E-state index is 0.654. The summed E-state index contributed by atoms with van der Waals surface area (Å²) in [5.74, 6) is 3.26. The zero-order valence-corrected chi connectivity index (χ0v) is 14.8. The number of rotatable bonds is 3.